The number of carboxylic acid groups (broad SMARTS) is 1. The highest BCUT2D eigenvalue weighted by atomic mass is 32.1. The molecule has 0 fully saturated rings. The topological polar surface area (TPSA) is 50.2 Å². The van der Waals surface area contributed by atoms with Crippen molar-refractivity contribution in [1.82, 2.24) is 4.98 Å². The maximum Gasteiger partial charge on any atom is 0.328 e. The quantitative estimate of drug-likeness (QED) is 0.862. The van der Waals surface area contributed by atoms with Gasteiger partial charge in [0.1, 0.15) is 5.01 Å². The van der Waals surface area contributed by atoms with Gasteiger partial charge in [-0.15, -0.1) is 11.3 Å². The first-order valence-corrected chi connectivity index (χ1v) is 6.89. The molecule has 0 unspecified atom stereocenters. The normalized spacial score (nSPS) is 11.1. The number of rotatable bonds is 4. The van der Waals surface area contributed by atoms with Crippen LogP contribution >= 0.6 is 11.3 Å². The Morgan fingerprint density at radius 1 is 1.37 bits per heavy atom. The van der Waals surface area contributed by atoms with Crippen LogP contribution in [-0.2, 0) is 11.2 Å². The van der Waals surface area contributed by atoms with Crippen LogP contribution in [0, 0.1) is 6.92 Å². The molecule has 0 aliphatic carbocycles. The summed E-state index contributed by atoms with van der Waals surface area (Å²) in [5, 5.41) is 9.62. The summed E-state index contributed by atoms with van der Waals surface area (Å²) >= 11 is 1.52. The number of nitrogens with zero attached hydrogens (tertiary/aromatic N) is 1. The highest BCUT2D eigenvalue weighted by Crippen LogP contribution is 2.29. The van der Waals surface area contributed by atoms with Crippen LogP contribution in [-0.4, -0.2) is 16.1 Å². The fourth-order valence-electron chi connectivity index (χ4n) is 1.71. The maximum absolute atomic E-state index is 10.6. The van der Waals surface area contributed by atoms with Gasteiger partial charge in [-0.2, -0.15) is 0 Å². The zero-order valence-electron chi connectivity index (χ0n) is 10.9. The monoisotopic (exact) mass is 273 g/mol. The zero-order valence-corrected chi connectivity index (χ0v) is 11.7. The number of aromatic nitrogens is 1. The van der Waals surface area contributed by atoms with Crippen LogP contribution in [0.25, 0.3) is 16.6 Å². The van der Waals surface area contributed by atoms with Crippen molar-refractivity contribution in [3.05, 3.63) is 46.5 Å². The van der Waals surface area contributed by atoms with E-state index in [0.717, 1.165) is 33.6 Å². The van der Waals surface area contributed by atoms with Crippen molar-refractivity contribution >= 4 is 23.4 Å². The summed E-state index contributed by atoms with van der Waals surface area (Å²) in [6.45, 7) is 4.07. The summed E-state index contributed by atoms with van der Waals surface area (Å²) in [4.78, 5) is 16.1. The predicted molar refractivity (Wildman–Crippen MR) is 78.3 cm³/mol. The average molecular weight is 273 g/mol. The van der Waals surface area contributed by atoms with Gasteiger partial charge >= 0.3 is 5.97 Å². The van der Waals surface area contributed by atoms with E-state index in [1.807, 2.05) is 26.0 Å². The minimum absolute atomic E-state index is 0.793. The van der Waals surface area contributed by atoms with Gasteiger partial charge in [0.2, 0.25) is 0 Å². The minimum Gasteiger partial charge on any atom is -0.478 e. The van der Waals surface area contributed by atoms with Crippen LogP contribution in [0.2, 0.25) is 0 Å². The molecule has 2 aromatic rings. The molecule has 0 spiro atoms. The van der Waals surface area contributed by atoms with Crippen molar-refractivity contribution in [3.8, 4) is 10.6 Å². The first-order chi connectivity index (χ1) is 9.10. The average Bonchev–Trinajstić information content (AvgIpc) is 2.80. The molecule has 1 aromatic heterocycles. The third kappa shape index (κ3) is 3.29. The Morgan fingerprint density at radius 2 is 2.05 bits per heavy atom. The second-order valence-electron chi connectivity index (χ2n) is 4.22. The molecule has 98 valence electrons. The molecule has 3 nitrogen and oxygen atoms in total. The third-order valence-corrected chi connectivity index (χ3v) is 3.85. The van der Waals surface area contributed by atoms with Gasteiger partial charge in [-0.25, -0.2) is 9.78 Å². The number of aliphatic carboxylic acids is 1. The smallest absolute Gasteiger partial charge is 0.328 e. The Kier molecular flexibility index (Phi) is 4.12. The van der Waals surface area contributed by atoms with Crippen LogP contribution in [0.1, 0.15) is 23.1 Å². The first-order valence-electron chi connectivity index (χ1n) is 6.08. The Balaban J connectivity index is 2.38. The highest BCUT2D eigenvalue weighted by molar-refractivity contribution is 7.16. The number of hydrogen-bond acceptors (Lipinski definition) is 3. The van der Waals surface area contributed by atoms with E-state index in [1.54, 1.807) is 6.08 Å². The lowest BCUT2D eigenvalue weighted by atomic mass is 10.2. The van der Waals surface area contributed by atoms with Gasteiger partial charge in [-0.05, 0) is 19.4 Å². The van der Waals surface area contributed by atoms with E-state index in [0.29, 0.717) is 0 Å². The molecule has 19 heavy (non-hydrogen) atoms. The number of benzene rings is 1. The van der Waals surface area contributed by atoms with E-state index < -0.39 is 5.97 Å². The summed E-state index contributed by atoms with van der Waals surface area (Å²) in [5.41, 5.74) is 3.22. The Hall–Kier alpha value is -1.94. The van der Waals surface area contributed by atoms with Gasteiger partial charge in [0.15, 0.2) is 0 Å². The second kappa shape index (κ2) is 5.80. The number of hydrogen-bond donors (Lipinski definition) is 1. The van der Waals surface area contributed by atoms with Gasteiger partial charge in [0.25, 0.3) is 0 Å². The fraction of sp³-hybridized carbons (Fsp3) is 0.200. The number of carbonyl (C=O) groups is 1. The highest BCUT2D eigenvalue weighted by Gasteiger charge is 2.09. The fourth-order valence-corrected chi connectivity index (χ4v) is 2.78. The summed E-state index contributed by atoms with van der Waals surface area (Å²) in [7, 11) is 0. The van der Waals surface area contributed by atoms with Gasteiger partial charge < -0.3 is 5.11 Å². The van der Waals surface area contributed by atoms with Crippen molar-refractivity contribution in [3.63, 3.8) is 0 Å². The van der Waals surface area contributed by atoms with Crippen LogP contribution in [0.15, 0.2) is 30.3 Å². The molecular weight excluding hydrogens is 258 g/mol. The SMILES string of the molecule is CCc1nc(-c2ccc(C)cc2)sc1/C=C/C(=O)O. The molecule has 0 aliphatic heterocycles. The van der Waals surface area contributed by atoms with Gasteiger partial charge in [0, 0.05) is 11.6 Å². The van der Waals surface area contributed by atoms with Crippen molar-refractivity contribution in [2.45, 2.75) is 20.3 Å². The summed E-state index contributed by atoms with van der Waals surface area (Å²) in [6.07, 6.45) is 3.57. The zero-order chi connectivity index (χ0) is 13.8. The Labute approximate surface area is 116 Å². The lowest BCUT2D eigenvalue weighted by Crippen LogP contribution is -1.87. The molecule has 2 rings (SSSR count). The second-order valence-corrected chi connectivity index (χ2v) is 5.25. The maximum atomic E-state index is 10.6. The van der Waals surface area contributed by atoms with E-state index >= 15 is 0 Å². The van der Waals surface area contributed by atoms with Gasteiger partial charge in [-0.1, -0.05) is 36.8 Å². The van der Waals surface area contributed by atoms with Crippen molar-refractivity contribution in [2.24, 2.45) is 0 Å². The van der Waals surface area contributed by atoms with E-state index in [4.69, 9.17) is 5.11 Å². The Morgan fingerprint density at radius 3 is 2.63 bits per heavy atom. The summed E-state index contributed by atoms with van der Waals surface area (Å²) < 4.78 is 0. The molecule has 0 amide bonds. The Bertz CT molecular complexity index is 612. The van der Waals surface area contributed by atoms with Crippen molar-refractivity contribution in [2.75, 3.05) is 0 Å². The van der Waals surface area contributed by atoms with Gasteiger partial charge in [-0.3, -0.25) is 0 Å². The third-order valence-electron chi connectivity index (χ3n) is 2.74. The van der Waals surface area contributed by atoms with E-state index in [9.17, 15) is 4.79 Å². The van der Waals surface area contributed by atoms with Crippen molar-refractivity contribution < 1.29 is 9.90 Å². The van der Waals surface area contributed by atoms with Crippen LogP contribution in [0.3, 0.4) is 0 Å². The molecule has 0 saturated heterocycles. The molecule has 0 atom stereocenters. The molecule has 4 heteroatoms. The standard InChI is InChI=1S/C15H15NO2S/c1-3-12-13(8-9-14(17)18)19-15(16-12)11-6-4-10(2)5-7-11/h4-9H,3H2,1-2H3,(H,17,18)/b9-8+. The molecule has 1 aromatic carbocycles. The number of carboxylic acids is 1. The molecule has 1 N–H and O–H groups in total. The molecule has 0 radical (unpaired) electrons. The van der Waals surface area contributed by atoms with E-state index in [2.05, 4.69) is 17.1 Å². The minimum atomic E-state index is -0.938. The number of thiazole rings is 1. The van der Waals surface area contributed by atoms with Crippen LogP contribution in [0.4, 0.5) is 0 Å². The largest absolute Gasteiger partial charge is 0.478 e. The first kappa shape index (κ1) is 13.5. The summed E-state index contributed by atoms with van der Waals surface area (Å²) in [6, 6.07) is 8.18. The molecule has 0 bridgehead atoms. The predicted octanol–water partition coefficient (Wildman–Crippen LogP) is 3.78. The van der Waals surface area contributed by atoms with E-state index in [-0.39, 0.29) is 0 Å². The molecular formula is C15H15NO2S. The lowest BCUT2D eigenvalue weighted by molar-refractivity contribution is -0.131. The molecule has 1 heterocycles. The van der Waals surface area contributed by atoms with Crippen LogP contribution in [0.5, 0.6) is 0 Å². The van der Waals surface area contributed by atoms with Crippen LogP contribution < -0.4 is 0 Å². The number of aryl methyl sites for hydroxylation is 2. The summed E-state index contributed by atoms with van der Waals surface area (Å²) in [5.74, 6) is -0.938. The van der Waals surface area contributed by atoms with E-state index in [1.165, 1.54) is 16.9 Å². The van der Waals surface area contributed by atoms with Crippen molar-refractivity contribution in [1.29, 1.82) is 0 Å². The van der Waals surface area contributed by atoms with Gasteiger partial charge in [0.05, 0.1) is 10.6 Å². The lowest BCUT2D eigenvalue weighted by Gasteiger charge is -1.96. The molecule has 0 saturated carbocycles. The molecule has 0 aliphatic rings.